The number of nitrogens with one attached hydrogen (secondary N) is 2. The molecule has 200 valence electrons. The first kappa shape index (κ1) is 27.8. The summed E-state index contributed by atoms with van der Waals surface area (Å²) < 4.78 is 0. The lowest BCUT2D eigenvalue weighted by Gasteiger charge is -2.16. The monoisotopic (exact) mass is 518 g/mol. The Morgan fingerprint density at radius 3 is 1.56 bits per heavy atom. The molecule has 4 aromatic rings. The van der Waals surface area contributed by atoms with Gasteiger partial charge in [-0.3, -0.25) is 9.59 Å². The fraction of sp³-hybridized carbons (Fsp3) is 0.257. The van der Waals surface area contributed by atoms with Crippen molar-refractivity contribution in [1.29, 1.82) is 0 Å². The Balaban J connectivity index is 1.44. The summed E-state index contributed by atoms with van der Waals surface area (Å²) in [6.45, 7) is 12.2. The number of hydrogen-bond donors (Lipinski definition) is 2. The molecule has 0 saturated carbocycles. The van der Waals surface area contributed by atoms with Crippen LogP contribution in [0.15, 0.2) is 72.8 Å². The Morgan fingerprint density at radius 2 is 1.05 bits per heavy atom. The molecule has 0 saturated heterocycles. The molecule has 0 bridgehead atoms. The predicted molar refractivity (Wildman–Crippen MR) is 162 cm³/mol. The maximum Gasteiger partial charge on any atom is 0.228 e. The highest BCUT2D eigenvalue weighted by Gasteiger charge is 2.13. The van der Waals surface area contributed by atoms with Crippen LogP contribution in [0, 0.1) is 41.5 Å². The van der Waals surface area contributed by atoms with E-state index in [9.17, 15) is 9.59 Å². The zero-order valence-electron chi connectivity index (χ0n) is 23.9. The molecule has 0 heterocycles. The Morgan fingerprint density at radius 1 is 0.538 bits per heavy atom. The number of benzene rings is 4. The van der Waals surface area contributed by atoms with Gasteiger partial charge in [0.1, 0.15) is 0 Å². The van der Waals surface area contributed by atoms with E-state index in [2.05, 4.69) is 34.9 Å². The van der Waals surface area contributed by atoms with E-state index in [1.54, 1.807) is 0 Å². The smallest absolute Gasteiger partial charge is 0.228 e. The summed E-state index contributed by atoms with van der Waals surface area (Å²) >= 11 is 0. The second-order valence-corrected chi connectivity index (χ2v) is 10.8. The first-order valence-corrected chi connectivity index (χ1v) is 13.5. The number of anilines is 2. The number of rotatable bonds is 8. The molecule has 0 aliphatic carbocycles. The van der Waals surface area contributed by atoms with Crippen LogP contribution in [0.2, 0.25) is 0 Å². The summed E-state index contributed by atoms with van der Waals surface area (Å²) in [6.07, 6.45) is 1.49. The van der Waals surface area contributed by atoms with Crippen LogP contribution in [-0.4, -0.2) is 11.8 Å². The van der Waals surface area contributed by atoms with Crippen LogP contribution in [0.25, 0.3) is 0 Å². The van der Waals surface area contributed by atoms with Crippen LogP contribution in [0.5, 0.6) is 0 Å². The standard InChI is InChI=1S/C35H38N2O2/c1-22-10-9-12-28(14-22)20-32(38)36-34-24(3)15-29(16-25(34)4)19-30-17-26(5)35(27(6)18-30)37-33(39)21-31-13-8-7-11-23(31)2/h7-18H,19-21H2,1-6H3,(H,36,38)(H,37,39). The van der Waals surface area contributed by atoms with Crippen molar-refractivity contribution in [3.8, 4) is 0 Å². The van der Waals surface area contributed by atoms with Crippen molar-refractivity contribution in [2.75, 3.05) is 10.6 Å². The maximum absolute atomic E-state index is 12.8. The Labute approximate surface area is 232 Å². The molecule has 2 N–H and O–H groups in total. The molecule has 4 aromatic carbocycles. The van der Waals surface area contributed by atoms with Crippen molar-refractivity contribution >= 4 is 23.2 Å². The summed E-state index contributed by atoms with van der Waals surface area (Å²) in [5.41, 5.74) is 12.7. The van der Waals surface area contributed by atoms with E-state index in [-0.39, 0.29) is 11.8 Å². The summed E-state index contributed by atoms with van der Waals surface area (Å²) in [7, 11) is 0. The first-order chi connectivity index (χ1) is 18.6. The number of carbonyl (C=O) groups excluding carboxylic acids is 2. The van der Waals surface area contributed by atoms with Crippen molar-refractivity contribution in [1.82, 2.24) is 0 Å². The topological polar surface area (TPSA) is 58.2 Å². The molecular formula is C35H38N2O2. The van der Waals surface area contributed by atoms with Crippen molar-refractivity contribution in [2.24, 2.45) is 0 Å². The summed E-state index contributed by atoms with van der Waals surface area (Å²) in [4.78, 5) is 25.5. The second-order valence-electron chi connectivity index (χ2n) is 10.8. The minimum atomic E-state index is -0.00846. The molecular weight excluding hydrogens is 480 g/mol. The van der Waals surface area contributed by atoms with Gasteiger partial charge in [-0.25, -0.2) is 0 Å². The van der Waals surface area contributed by atoms with Crippen LogP contribution in [0.3, 0.4) is 0 Å². The fourth-order valence-electron chi connectivity index (χ4n) is 5.30. The van der Waals surface area contributed by atoms with Crippen molar-refractivity contribution in [3.05, 3.63) is 128 Å². The second kappa shape index (κ2) is 12.1. The third-order valence-corrected chi connectivity index (χ3v) is 7.18. The minimum Gasteiger partial charge on any atom is -0.325 e. The van der Waals surface area contributed by atoms with Gasteiger partial charge in [0, 0.05) is 11.4 Å². The van der Waals surface area contributed by atoms with Crippen molar-refractivity contribution in [2.45, 2.75) is 60.8 Å². The number of hydrogen-bond acceptors (Lipinski definition) is 2. The zero-order chi connectivity index (χ0) is 28.1. The van der Waals surface area contributed by atoms with Gasteiger partial charge in [0.2, 0.25) is 11.8 Å². The van der Waals surface area contributed by atoms with Crippen LogP contribution >= 0.6 is 0 Å². The van der Waals surface area contributed by atoms with Gasteiger partial charge < -0.3 is 10.6 Å². The van der Waals surface area contributed by atoms with Gasteiger partial charge in [0.15, 0.2) is 0 Å². The van der Waals surface area contributed by atoms with Gasteiger partial charge in [-0.05, 0) is 98.0 Å². The molecule has 0 radical (unpaired) electrons. The van der Waals surface area contributed by atoms with Gasteiger partial charge in [-0.15, -0.1) is 0 Å². The predicted octanol–water partition coefficient (Wildman–Crippen LogP) is 7.49. The van der Waals surface area contributed by atoms with E-state index in [0.717, 1.165) is 62.3 Å². The largest absolute Gasteiger partial charge is 0.325 e. The number of aryl methyl sites for hydroxylation is 6. The minimum absolute atomic E-state index is 0.00506. The quantitative estimate of drug-likeness (QED) is 0.254. The SMILES string of the molecule is Cc1cccc(CC(=O)Nc2c(C)cc(Cc3cc(C)c(NC(=O)Cc4ccccc4C)c(C)c3)cc2C)c1. The van der Waals surface area contributed by atoms with Gasteiger partial charge in [-0.2, -0.15) is 0 Å². The lowest BCUT2D eigenvalue weighted by Crippen LogP contribution is -2.17. The summed E-state index contributed by atoms with van der Waals surface area (Å²) in [5.74, 6) is -0.0135. The molecule has 0 aliphatic heterocycles. The molecule has 4 rings (SSSR count). The molecule has 0 atom stereocenters. The van der Waals surface area contributed by atoms with E-state index >= 15 is 0 Å². The fourth-order valence-corrected chi connectivity index (χ4v) is 5.30. The molecule has 0 unspecified atom stereocenters. The van der Waals surface area contributed by atoms with Crippen LogP contribution in [-0.2, 0) is 28.9 Å². The molecule has 0 aliphatic rings. The van der Waals surface area contributed by atoms with Crippen molar-refractivity contribution < 1.29 is 9.59 Å². The molecule has 0 aromatic heterocycles. The highest BCUT2D eigenvalue weighted by Crippen LogP contribution is 2.27. The van der Waals surface area contributed by atoms with E-state index in [0.29, 0.717) is 12.8 Å². The van der Waals surface area contributed by atoms with E-state index in [4.69, 9.17) is 0 Å². The Hall–Kier alpha value is -4.18. The van der Waals surface area contributed by atoms with Crippen LogP contribution < -0.4 is 10.6 Å². The van der Waals surface area contributed by atoms with E-state index < -0.39 is 0 Å². The van der Waals surface area contributed by atoms with Crippen molar-refractivity contribution in [3.63, 3.8) is 0 Å². The molecule has 4 heteroatoms. The lowest BCUT2D eigenvalue weighted by molar-refractivity contribution is -0.116. The van der Waals surface area contributed by atoms with Gasteiger partial charge >= 0.3 is 0 Å². The Kier molecular flexibility index (Phi) is 8.65. The van der Waals surface area contributed by atoms with E-state index in [1.165, 1.54) is 11.1 Å². The molecule has 4 nitrogen and oxygen atoms in total. The summed E-state index contributed by atoms with van der Waals surface area (Å²) in [5, 5.41) is 6.25. The molecule has 2 amide bonds. The first-order valence-electron chi connectivity index (χ1n) is 13.5. The molecule has 0 spiro atoms. The summed E-state index contributed by atoms with van der Waals surface area (Å²) in [6, 6.07) is 24.7. The van der Waals surface area contributed by atoms with Gasteiger partial charge in [0.05, 0.1) is 12.8 Å². The molecule has 0 fully saturated rings. The highest BCUT2D eigenvalue weighted by molar-refractivity contribution is 5.94. The third kappa shape index (κ3) is 7.23. The Bertz CT molecular complexity index is 1490. The van der Waals surface area contributed by atoms with Gasteiger partial charge in [0.25, 0.3) is 0 Å². The highest BCUT2D eigenvalue weighted by atomic mass is 16.2. The zero-order valence-corrected chi connectivity index (χ0v) is 23.9. The average molecular weight is 519 g/mol. The number of amides is 2. The molecule has 39 heavy (non-hydrogen) atoms. The maximum atomic E-state index is 12.8. The van der Waals surface area contributed by atoms with Crippen LogP contribution in [0.1, 0.15) is 55.6 Å². The normalized spacial score (nSPS) is 10.8. The van der Waals surface area contributed by atoms with Gasteiger partial charge in [-0.1, -0.05) is 78.4 Å². The average Bonchev–Trinajstić information content (AvgIpc) is 2.85. The number of carbonyl (C=O) groups is 2. The van der Waals surface area contributed by atoms with Crippen LogP contribution in [0.4, 0.5) is 11.4 Å². The lowest BCUT2D eigenvalue weighted by atomic mass is 9.96. The van der Waals surface area contributed by atoms with E-state index in [1.807, 2.05) is 90.1 Å². The third-order valence-electron chi connectivity index (χ3n) is 7.18.